The molecule has 66 valence electrons. The van der Waals surface area contributed by atoms with E-state index in [0.29, 0.717) is 12.1 Å². The Morgan fingerprint density at radius 1 is 1.46 bits per heavy atom. The summed E-state index contributed by atoms with van der Waals surface area (Å²) < 4.78 is 5.62. The largest absolute Gasteiger partial charge is 0.449 e. The molecule has 1 fully saturated rings. The molecule has 2 atom stereocenters. The van der Waals surface area contributed by atoms with Crippen LogP contribution in [-0.4, -0.2) is 12.4 Å². The van der Waals surface area contributed by atoms with E-state index in [4.69, 9.17) is 4.65 Å². The third-order valence-corrected chi connectivity index (χ3v) is 3.08. The van der Waals surface area contributed by atoms with Crippen molar-refractivity contribution < 1.29 is 4.65 Å². The molecule has 1 aromatic carbocycles. The first kappa shape index (κ1) is 7.91. The van der Waals surface area contributed by atoms with E-state index in [1.165, 1.54) is 11.1 Å². The van der Waals surface area contributed by atoms with Crippen molar-refractivity contribution in [3.05, 3.63) is 35.4 Å². The van der Waals surface area contributed by atoms with Crippen LogP contribution in [-0.2, 0) is 11.1 Å². The van der Waals surface area contributed by atoms with Crippen molar-refractivity contribution in [3.63, 3.8) is 0 Å². The van der Waals surface area contributed by atoms with E-state index >= 15 is 0 Å². The highest BCUT2D eigenvalue weighted by Crippen LogP contribution is 2.37. The minimum absolute atomic E-state index is 0.0941. The second-order valence-electron chi connectivity index (χ2n) is 3.57. The van der Waals surface area contributed by atoms with E-state index in [-0.39, 0.29) is 6.33 Å². The van der Waals surface area contributed by atoms with Crippen molar-refractivity contribution >= 4 is 18.8 Å². The van der Waals surface area contributed by atoms with Gasteiger partial charge in [0.1, 0.15) is 0 Å². The van der Waals surface area contributed by atoms with Crippen LogP contribution in [0.5, 0.6) is 0 Å². The molecule has 3 rings (SSSR count). The summed E-state index contributed by atoms with van der Waals surface area (Å²) in [7, 11) is 0. The Morgan fingerprint density at radius 2 is 2.31 bits per heavy atom. The molecule has 1 aliphatic heterocycles. The van der Waals surface area contributed by atoms with Crippen molar-refractivity contribution in [2.45, 2.75) is 18.6 Å². The summed E-state index contributed by atoms with van der Waals surface area (Å²) in [6.45, 7) is 0. The Morgan fingerprint density at radius 3 is 3.23 bits per heavy atom. The van der Waals surface area contributed by atoms with Gasteiger partial charge in [0.25, 0.3) is 0 Å². The van der Waals surface area contributed by atoms with Crippen molar-refractivity contribution in [2.24, 2.45) is 0 Å². The molecule has 4 heteroatoms. The van der Waals surface area contributed by atoms with Crippen LogP contribution in [0.25, 0.3) is 0 Å². The minimum atomic E-state index is -0.0941. The number of hydrogen-bond donors (Lipinski definition) is 2. The predicted molar refractivity (Wildman–Crippen MR) is 55.6 cm³/mol. The zero-order valence-corrected chi connectivity index (χ0v) is 8.00. The molecule has 0 spiro atoms. The summed E-state index contributed by atoms with van der Waals surface area (Å²) in [5, 5.41) is 3.31. The summed E-state index contributed by atoms with van der Waals surface area (Å²) in [5.74, 6) is 0. The van der Waals surface area contributed by atoms with E-state index in [0.717, 1.165) is 6.42 Å². The Kier molecular flexibility index (Phi) is 1.69. The van der Waals surface area contributed by atoms with Crippen molar-refractivity contribution in [1.29, 1.82) is 0 Å². The molecule has 1 heterocycles. The second kappa shape index (κ2) is 2.77. The van der Waals surface area contributed by atoms with Crippen LogP contribution in [0.3, 0.4) is 0 Å². The number of rotatable bonds is 0. The maximum Gasteiger partial charge on any atom is 0.449 e. The van der Waals surface area contributed by atoms with Gasteiger partial charge >= 0.3 is 6.33 Å². The molecular weight excluding hydrogens is 181 g/mol. The number of fused-ring (bicyclic) bond motifs is 3. The van der Waals surface area contributed by atoms with Gasteiger partial charge in [-0.05, 0) is 17.5 Å². The molecule has 2 nitrogen and oxygen atoms in total. The van der Waals surface area contributed by atoms with Crippen molar-refractivity contribution in [2.75, 3.05) is 0 Å². The molecule has 1 aliphatic carbocycles. The van der Waals surface area contributed by atoms with Crippen LogP contribution in [0.1, 0.15) is 17.2 Å². The summed E-state index contributed by atoms with van der Waals surface area (Å²) in [5.41, 5.74) is 2.79. The van der Waals surface area contributed by atoms with Gasteiger partial charge in [0, 0.05) is 0 Å². The van der Waals surface area contributed by atoms with Gasteiger partial charge in [-0.1, -0.05) is 24.3 Å². The minimum Gasteiger partial charge on any atom is -0.408 e. The van der Waals surface area contributed by atoms with Crippen molar-refractivity contribution in [3.8, 4) is 0 Å². The second-order valence-corrected chi connectivity index (χ2v) is 4.04. The topological polar surface area (TPSA) is 21.3 Å². The zero-order valence-electron chi connectivity index (χ0n) is 7.10. The third-order valence-electron chi connectivity index (χ3n) is 2.81. The molecule has 2 aliphatic rings. The molecule has 13 heavy (non-hydrogen) atoms. The molecule has 0 amide bonds. The fourth-order valence-corrected chi connectivity index (χ4v) is 2.56. The Hall–Kier alpha value is -0.445. The standard InChI is InChI=1S/C9H10BNOS/c13-10-11-9-7-4-2-1-3-6(7)5-8(9)12-10/h1-4,8-9,11,13H,5H2/t8-,9+/m0/s1. The van der Waals surface area contributed by atoms with Crippen LogP contribution in [0.2, 0.25) is 0 Å². The smallest absolute Gasteiger partial charge is 0.408 e. The normalized spacial score (nSPS) is 30.4. The molecule has 1 aromatic rings. The lowest BCUT2D eigenvalue weighted by atomic mass is 10.1. The van der Waals surface area contributed by atoms with Gasteiger partial charge < -0.3 is 9.88 Å². The predicted octanol–water partition coefficient (Wildman–Crippen LogP) is 1.19. The lowest BCUT2D eigenvalue weighted by molar-refractivity contribution is 0.230. The van der Waals surface area contributed by atoms with Gasteiger partial charge in [0.15, 0.2) is 0 Å². The molecule has 1 saturated heterocycles. The summed E-state index contributed by atoms with van der Waals surface area (Å²) in [4.78, 5) is 0. The summed E-state index contributed by atoms with van der Waals surface area (Å²) >= 11 is 4.26. The Bertz CT molecular complexity index is 346. The Balaban J connectivity index is 2.02. The third kappa shape index (κ3) is 1.13. The molecule has 0 aromatic heterocycles. The molecule has 0 saturated carbocycles. The van der Waals surface area contributed by atoms with E-state index in [1.54, 1.807) is 0 Å². The van der Waals surface area contributed by atoms with Crippen LogP contribution in [0.15, 0.2) is 24.3 Å². The van der Waals surface area contributed by atoms with E-state index in [2.05, 4.69) is 42.0 Å². The van der Waals surface area contributed by atoms with E-state index in [9.17, 15) is 0 Å². The fraction of sp³-hybridized carbons (Fsp3) is 0.333. The van der Waals surface area contributed by atoms with Gasteiger partial charge in [-0.15, -0.1) is 0 Å². The summed E-state index contributed by atoms with van der Waals surface area (Å²) in [6, 6.07) is 8.86. The number of hydrogen-bond acceptors (Lipinski definition) is 3. The van der Waals surface area contributed by atoms with Crippen LogP contribution < -0.4 is 5.23 Å². The average Bonchev–Trinajstić information content (AvgIpc) is 2.60. The maximum absolute atomic E-state index is 5.62. The van der Waals surface area contributed by atoms with Gasteiger partial charge in [-0.25, -0.2) is 0 Å². The monoisotopic (exact) mass is 191 g/mol. The highest BCUT2D eigenvalue weighted by molar-refractivity contribution is 8.09. The first-order chi connectivity index (χ1) is 6.34. The Labute approximate surface area is 83.1 Å². The summed E-state index contributed by atoms with van der Waals surface area (Å²) in [6.07, 6.45) is 1.22. The fourth-order valence-electron chi connectivity index (χ4n) is 2.24. The molecule has 0 radical (unpaired) electrons. The molecule has 0 bridgehead atoms. The van der Waals surface area contributed by atoms with Crippen LogP contribution >= 0.6 is 12.5 Å². The van der Waals surface area contributed by atoms with Crippen LogP contribution in [0.4, 0.5) is 0 Å². The highest BCUT2D eigenvalue weighted by Gasteiger charge is 2.41. The molecular formula is C9H10BNOS. The first-order valence-electron chi connectivity index (χ1n) is 4.52. The van der Waals surface area contributed by atoms with Gasteiger partial charge in [0.05, 0.1) is 12.1 Å². The van der Waals surface area contributed by atoms with E-state index in [1.807, 2.05) is 0 Å². The van der Waals surface area contributed by atoms with Crippen LogP contribution in [0, 0.1) is 0 Å². The lowest BCUT2D eigenvalue weighted by Crippen LogP contribution is -2.24. The number of nitrogens with one attached hydrogen (secondary N) is 1. The van der Waals surface area contributed by atoms with Gasteiger partial charge in [-0.3, -0.25) is 0 Å². The first-order valence-corrected chi connectivity index (χ1v) is 5.03. The molecule has 0 unspecified atom stereocenters. The lowest BCUT2D eigenvalue weighted by Gasteiger charge is -2.08. The zero-order chi connectivity index (χ0) is 8.84. The van der Waals surface area contributed by atoms with Gasteiger partial charge in [-0.2, -0.15) is 12.5 Å². The van der Waals surface area contributed by atoms with Crippen molar-refractivity contribution in [1.82, 2.24) is 5.23 Å². The average molecular weight is 191 g/mol. The van der Waals surface area contributed by atoms with Gasteiger partial charge in [0.2, 0.25) is 0 Å². The molecule has 1 N–H and O–H groups in total. The quantitative estimate of drug-likeness (QED) is 0.474. The highest BCUT2D eigenvalue weighted by atomic mass is 32.1. The van der Waals surface area contributed by atoms with E-state index < -0.39 is 0 Å². The maximum atomic E-state index is 5.62. The number of thiol groups is 1. The SMILES string of the molecule is SB1N[C@@H]2c3ccccc3C[C@@H]2O1. The number of benzene rings is 1.